The molecular formula is C10H12N2O3S. The summed E-state index contributed by atoms with van der Waals surface area (Å²) in [5.74, 6) is 0.121. The van der Waals surface area contributed by atoms with Crippen molar-refractivity contribution >= 4 is 28.3 Å². The van der Waals surface area contributed by atoms with E-state index < -0.39 is 6.09 Å². The summed E-state index contributed by atoms with van der Waals surface area (Å²) >= 11 is 1.23. The minimum Gasteiger partial charge on any atom is -0.450 e. The Balaban J connectivity index is 2.12. The fourth-order valence-corrected chi connectivity index (χ4v) is 2.54. The molecule has 0 unspecified atom stereocenters. The van der Waals surface area contributed by atoms with Gasteiger partial charge in [0, 0.05) is 6.42 Å². The average Bonchev–Trinajstić information content (AvgIpc) is 2.62. The molecule has 1 amide bonds. The van der Waals surface area contributed by atoms with Gasteiger partial charge >= 0.3 is 6.09 Å². The zero-order chi connectivity index (χ0) is 11.5. The van der Waals surface area contributed by atoms with Gasteiger partial charge in [-0.2, -0.15) is 0 Å². The van der Waals surface area contributed by atoms with Crippen LogP contribution in [0, 0.1) is 0 Å². The van der Waals surface area contributed by atoms with Crippen molar-refractivity contribution in [1.82, 2.24) is 4.98 Å². The number of anilines is 1. The van der Waals surface area contributed by atoms with E-state index in [2.05, 4.69) is 10.3 Å². The van der Waals surface area contributed by atoms with Crippen LogP contribution in [0.3, 0.4) is 0 Å². The molecule has 0 fully saturated rings. The Morgan fingerprint density at radius 1 is 1.56 bits per heavy atom. The standard InChI is InChI=1S/C10H12N2O3S/c1-2-15-10(14)12-9-11-6-4-3-5-7(13)8(6)16-9/h2-5H2,1H3,(H,11,12,14). The van der Waals surface area contributed by atoms with Gasteiger partial charge in [-0.05, 0) is 19.8 Å². The summed E-state index contributed by atoms with van der Waals surface area (Å²) in [5.41, 5.74) is 0.799. The number of carbonyl (C=O) groups is 2. The number of rotatable bonds is 2. The normalized spacial score (nSPS) is 14.4. The van der Waals surface area contributed by atoms with Crippen molar-refractivity contribution in [2.24, 2.45) is 0 Å². The highest BCUT2D eigenvalue weighted by Gasteiger charge is 2.22. The molecule has 5 nitrogen and oxygen atoms in total. The molecule has 86 valence electrons. The molecule has 1 aromatic rings. The number of nitrogens with one attached hydrogen (secondary N) is 1. The Labute approximate surface area is 96.8 Å². The molecule has 0 atom stereocenters. The molecule has 0 saturated heterocycles. The fourth-order valence-electron chi connectivity index (χ4n) is 1.58. The average molecular weight is 240 g/mol. The van der Waals surface area contributed by atoms with Crippen LogP contribution in [0.2, 0.25) is 0 Å². The van der Waals surface area contributed by atoms with Crippen molar-refractivity contribution < 1.29 is 14.3 Å². The second kappa shape index (κ2) is 4.61. The van der Waals surface area contributed by atoms with Crippen LogP contribution in [-0.2, 0) is 11.2 Å². The second-order valence-electron chi connectivity index (χ2n) is 3.42. The maximum Gasteiger partial charge on any atom is 0.413 e. The number of Topliss-reactive ketones (excluding diaryl/α,β-unsaturated/α-hetero) is 1. The van der Waals surface area contributed by atoms with Gasteiger partial charge < -0.3 is 4.74 Å². The number of fused-ring (bicyclic) bond motifs is 1. The summed E-state index contributed by atoms with van der Waals surface area (Å²) < 4.78 is 4.74. The number of thiazole rings is 1. The highest BCUT2D eigenvalue weighted by atomic mass is 32.1. The number of ether oxygens (including phenoxy) is 1. The van der Waals surface area contributed by atoms with E-state index in [-0.39, 0.29) is 5.78 Å². The topological polar surface area (TPSA) is 68.3 Å². The Bertz CT molecular complexity index is 428. The van der Waals surface area contributed by atoms with Crippen LogP contribution in [0.5, 0.6) is 0 Å². The minimum absolute atomic E-state index is 0.121. The van der Waals surface area contributed by atoms with E-state index >= 15 is 0 Å². The first-order valence-corrected chi connectivity index (χ1v) is 5.99. The van der Waals surface area contributed by atoms with Crippen LogP contribution in [0.25, 0.3) is 0 Å². The third-order valence-electron chi connectivity index (χ3n) is 2.25. The minimum atomic E-state index is -0.527. The summed E-state index contributed by atoms with van der Waals surface area (Å²) in [5, 5.41) is 2.96. The van der Waals surface area contributed by atoms with E-state index in [1.165, 1.54) is 11.3 Å². The van der Waals surface area contributed by atoms with E-state index in [0.717, 1.165) is 18.5 Å². The zero-order valence-corrected chi connectivity index (χ0v) is 9.73. The van der Waals surface area contributed by atoms with Crippen molar-refractivity contribution in [2.45, 2.75) is 26.2 Å². The van der Waals surface area contributed by atoms with Gasteiger partial charge in [0.05, 0.1) is 17.2 Å². The lowest BCUT2D eigenvalue weighted by atomic mass is 10.0. The van der Waals surface area contributed by atoms with Crippen LogP contribution >= 0.6 is 11.3 Å². The summed E-state index contributed by atoms with van der Waals surface area (Å²) in [4.78, 5) is 27.6. The van der Waals surface area contributed by atoms with Gasteiger partial charge in [-0.15, -0.1) is 0 Å². The number of aryl methyl sites for hydroxylation is 1. The van der Waals surface area contributed by atoms with Gasteiger partial charge in [-0.25, -0.2) is 9.78 Å². The van der Waals surface area contributed by atoms with Crippen LogP contribution in [0.15, 0.2) is 0 Å². The Morgan fingerprint density at radius 2 is 2.38 bits per heavy atom. The van der Waals surface area contributed by atoms with Crippen LogP contribution < -0.4 is 5.32 Å². The lowest BCUT2D eigenvalue weighted by Gasteiger charge is -2.05. The number of hydrogen-bond donors (Lipinski definition) is 1. The highest BCUT2D eigenvalue weighted by molar-refractivity contribution is 7.17. The van der Waals surface area contributed by atoms with Gasteiger partial charge in [0.25, 0.3) is 0 Å². The van der Waals surface area contributed by atoms with Gasteiger partial charge in [-0.1, -0.05) is 11.3 Å². The molecular weight excluding hydrogens is 228 g/mol. The van der Waals surface area contributed by atoms with Crippen molar-refractivity contribution in [3.05, 3.63) is 10.6 Å². The quantitative estimate of drug-likeness (QED) is 0.860. The van der Waals surface area contributed by atoms with Crippen LogP contribution in [0.1, 0.15) is 35.1 Å². The molecule has 0 spiro atoms. The second-order valence-corrected chi connectivity index (χ2v) is 4.42. The van der Waals surface area contributed by atoms with Crippen molar-refractivity contribution in [2.75, 3.05) is 11.9 Å². The summed E-state index contributed by atoms with van der Waals surface area (Å²) in [7, 11) is 0. The predicted octanol–water partition coefficient (Wildman–Crippen LogP) is 2.23. The molecule has 0 saturated carbocycles. The summed E-state index contributed by atoms with van der Waals surface area (Å²) in [6.45, 7) is 2.05. The van der Waals surface area contributed by atoms with Gasteiger partial charge in [-0.3, -0.25) is 10.1 Å². The molecule has 6 heteroatoms. The SMILES string of the molecule is CCOC(=O)Nc1nc2c(s1)C(=O)CCC2. The van der Waals surface area contributed by atoms with E-state index in [0.29, 0.717) is 23.0 Å². The molecule has 1 heterocycles. The lowest BCUT2D eigenvalue weighted by molar-refractivity contribution is 0.0976. The number of hydrogen-bond acceptors (Lipinski definition) is 5. The van der Waals surface area contributed by atoms with E-state index in [1.807, 2.05) is 0 Å². The highest BCUT2D eigenvalue weighted by Crippen LogP contribution is 2.29. The number of carbonyl (C=O) groups excluding carboxylic acids is 2. The molecule has 1 N–H and O–H groups in total. The van der Waals surface area contributed by atoms with E-state index in [4.69, 9.17) is 4.74 Å². The largest absolute Gasteiger partial charge is 0.450 e. The third-order valence-corrected chi connectivity index (χ3v) is 3.31. The maximum absolute atomic E-state index is 11.5. The smallest absolute Gasteiger partial charge is 0.413 e. The van der Waals surface area contributed by atoms with Gasteiger partial charge in [0.1, 0.15) is 0 Å². The van der Waals surface area contributed by atoms with Crippen LogP contribution in [0.4, 0.5) is 9.93 Å². The lowest BCUT2D eigenvalue weighted by Crippen LogP contribution is -2.13. The first-order chi connectivity index (χ1) is 7.70. The zero-order valence-electron chi connectivity index (χ0n) is 8.91. The Kier molecular flexibility index (Phi) is 3.19. The molecule has 0 aliphatic heterocycles. The van der Waals surface area contributed by atoms with Crippen LogP contribution in [-0.4, -0.2) is 23.5 Å². The number of aromatic nitrogens is 1. The molecule has 2 rings (SSSR count). The number of amides is 1. The summed E-state index contributed by atoms with van der Waals surface area (Å²) in [6, 6.07) is 0. The number of ketones is 1. The van der Waals surface area contributed by atoms with E-state index in [1.54, 1.807) is 6.92 Å². The maximum atomic E-state index is 11.5. The monoisotopic (exact) mass is 240 g/mol. The Morgan fingerprint density at radius 3 is 3.06 bits per heavy atom. The first kappa shape index (κ1) is 11.1. The van der Waals surface area contributed by atoms with Crippen molar-refractivity contribution in [1.29, 1.82) is 0 Å². The van der Waals surface area contributed by atoms with Gasteiger partial charge in [0.2, 0.25) is 0 Å². The molecule has 0 bridgehead atoms. The molecule has 1 aliphatic rings. The molecule has 0 aromatic carbocycles. The fraction of sp³-hybridized carbons (Fsp3) is 0.500. The molecule has 1 aliphatic carbocycles. The summed E-state index contributed by atoms with van der Waals surface area (Å²) in [6.07, 6.45) is 1.70. The first-order valence-electron chi connectivity index (χ1n) is 5.17. The molecule has 16 heavy (non-hydrogen) atoms. The van der Waals surface area contributed by atoms with Crippen molar-refractivity contribution in [3.63, 3.8) is 0 Å². The number of nitrogens with zero attached hydrogens (tertiary/aromatic N) is 1. The van der Waals surface area contributed by atoms with E-state index in [9.17, 15) is 9.59 Å². The van der Waals surface area contributed by atoms with Gasteiger partial charge in [0.15, 0.2) is 10.9 Å². The third kappa shape index (κ3) is 2.21. The molecule has 1 aromatic heterocycles. The Hall–Kier alpha value is -1.43. The molecule has 0 radical (unpaired) electrons. The predicted molar refractivity (Wildman–Crippen MR) is 60.0 cm³/mol. The van der Waals surface area contributed by atoms with Crippen molar-refractivity contribution in [3.8, 4) is 0 Å².